The fraction of sp³-hybridized carbons (Fsp3) is 0.0476. The first-order chi connectivity index (χ1) is 12.2. The molecule has 1 aliphatic heterocycles. The van der Waals surface area contributed by atoms with Gasteiger partial charge in [0.1, 0.15) is 0 Å². The summed E-state index contributed by atoms with van der Waals surface area (Å²) in [5, 5.41) is 5.67. The number of hydrogen-bond acceptors (Lipinski definition) is 3. The molecule has 25 heavy (non-hydrogen) atoms. The van der Waals surface area contributed by atoms with Crippen molar-refractivity contribution in [2.75, 3.05) is 0 Å². The Labute approximate surface area is 150 Å². The molecule has 1 saturated heterocycles. The maximum atomic E-state index is 12.2. The smallest absolute Gasteiger partial charge is 0.264 e. The van der Waals surface area contributed by atoms with Crippen LogP contribution in [0, 0.1) is 6.92 Å². The first-order valence-electron chi connectivity index (χ1n) is 8.03. The zero-order chi connectivity index (χ0) is 17.2. The van der Waals surface area contributed by atoms with Crippen LogP contribution in [0.3, 0.4) is 0 Å². The molecule has 0 unspecified atom stereocenters. The third-order valence-electron chi connectivity index (χ3n) is 4.01. The number of fused-ring (bicyclic) bond motifs is 1. The summed E-state index contributed by atoms with van der Waals surface area (Å²) in [6, 6.07) is 22.2. The summed E-state index contributed by atoms with van der Waals surface area (Å²) in [4.78, 5) is 17.5. The highest BCUT2D eigenvalue weighted by Gasteiger charge is 2.23. The van der Waals surface area contributed by atoms with E-state index < -0.39 is 0 Å². The summed E-state index contributed by atoms with van der Waals surface area (Å²) in [5.41, 5.74) is 3.07. The molecular formula is C21H16N2OS. The van der Waals surface area contributed by atoms with Crippen molar-refractivity contribution in [1.82, 2.24) is 5.32 Å². The zero-order valence-corrected chi connectivity index (χ0v) is 14.5. The molecule has 0 aliphatic carbocycles. The van der Waals surface area contributed by atoms with E-state index in [-0.39, 0.29) is 5.91 Å². The average Bonchev–Trinajstić information content (AvgIpc) is 2.96. The average molecular weight is 344 g/mol. The van der Waals surface area contributed by atoms with E-state index in [1.54, 1.807) is 0 Å². The van der Waals surface area contributed by atoms with Gasteiger partial charge in [0.05, 0.1) is 10.6 Å². The van der Waals surface area contributed by atoms with Gasteiger partial charge in [-0.25, -0.2) is 4.99 Å². The van der Waals surface area contributed by atoms with Gasteiger partial charge < -0.3 is 5.32 Å². The Bertz CT molecular complexity index is 1010. The number of amidine groups is 1. The molecule has 1 aliphatic rings. The molecular weight excluding hydrogens is 328 g/mol. The Morgan fingerprint density at radius 2 is 1.72 bits per heavy atom. The van der Waals surface area contributed by atoms with Crippen LogP contribution in [0.1, 0.15) is 11.1 Å². The van der Waals surface area contributed by atoms with Crippen LogP contribution < -0.4 is 5.32 Å². The lowest BCUT2D eigenvalue weighted by Crippen LogP contribution is -2.19. The number of thioether (sulfide) groups is 1. The lowest BCUT2D eigenvalue weighted by molar-refractivity contribution is -0.115. The molecule has 3 aromatic carbocycles. The number of amides is 1. The lowest BCUT2D eigenvalue weighted by Gasteiger charge is -2.02. The number of nitrogens with zero attached hydrogens (tertiary/aromatic N) is 1. The summed E-state index contributed by atoms with van der Waals surface area (Å²) in [6.45, 7) is 2.04. The molecule has 0 saturated carbocycles. The van der Waals surface area contributed by atoms with E-state index in [0.29, 0.717) is 10.1 Å². The van der Waals surface area contributed by atoms with E-state index in [1.165, 1.54) is 17.3 Å². The number of benzene rings is 3. The molecule has 122 valence electrons. The quantitative estimate of drug-likeness (QED) is 0.662. The van der Waals surface area contributed by atoms with Crippen LogP contribution in [0.25, 0.3) is 16.8 Å². The molecule has 4 rings (SSSR count). The van der Waals surface area contributed by atoms with Gasteiger partial charge >= 0.3 is 0 Å². The zero-order valence-electron chi connectivity index (χ0n) is 13.7. The largest absolute Gasteiger partial charge is 0.300 e. The Balaban J connectivity index is 1.65. The number of aliphatic imine (C=N–C) groups is 1. The standard InChI is InChI=1S/C21H16N2OS/c1-14-9-11-15(12-10-14)13-19-20(24)23-21(25-19)22-18-8-4-6-16-5-2-3-7-17(16)18/h2-13H,1H3,(H,22,23,24)/b19-13-. The highest BCUT2D eigenvalue weighted by molar-refractivity contribution is 8.18. The van der Waals surface area contributed by atoms with Gasteiger partial charge in [0, 0.05) is 5.39 Å². The van der Waals surface area contributed by atoms with Crippen LogP contribution in [-0.4, -0.2) is 11.1 Å². The third-order valence-corrected chi connectivity index (χ3v) is 4.92. The van der Waals surface area contributed by atoms with Gasteiger partial charge in [-0.05, 0) is 41.8 Å². The highest BCUT2D eigenvalue weighted by atomic mass is 32.2. The molecule has 1 fully saturated rings. The van der Waals surface area contributed by atoms with Crippen LogP contribution >= 0.6 is 11.8 Å². The van der Waals surface area contributed by atoms with Gasteiger partial charge in [-0.3, -0.25) is 4.79 Å². The summed E-state index contributed by atoms with van der Waals surface area (Å²) in [7, 11) is 0. The Morgan fingerprint density at radius 3 is 2.56 bits per heavy atom. The van der Waals surface area contributed by atoms with Gasteiger partial charge in [0.25, 0.3) is 5.91 Å². The Morgan fingerprint density at radius 1 is 0.960 bits per heavy atom. The van der Waals surface area contributed by atoms with Gasteiger partial charge in [-0.15, -0.1) is 0 Å². The molecule has 3 nitrogen and oxygen atoms in total. The van der Waals surface area contributed by atoms with Crippen molar-refractivity contribution >= 4 is 45.4 Å². The molecule has 4 heteroatoms. The minimum Gasteiger partial charge on any atom is -0.300 e. The van der Waals surface area contributed by atoms with Gasteiger partial charge in [-0.1, -0.05) is 66.2 Å². The van der Waals surface area contributed by atoms with E-state index in [9.17, 15) is 4.79 Å². The number of aryl methyl sites for hydroxylation is 1. The predicted molar refractivity (Wildman–Crippen MR) is 106 cm³/mol. The fourth-order valence-electron chi connectivity index (χ4n) is 2.71. The number of nitrogens with one attached hydrogen (secondary N) is 1. The van der Waals surface area contributed by atoms with Crippen molar-refractivity contribution in [3.8, 4) is 0 Å². The summed E-state index contributed by atoms with van der Waals surface area (Å²) in [6.07, 6.45) is 1.89. The van der Waals surface area contributed by atoms with Crippen molar-refractivity contribution in [2.24, 2.45) is 4.99 Å². The minimum absolute atomic E-state index is 0.107. The monoisotopic (exact) mass is 344 g/mol. The van der Waals surface area contributed by atoms with Gasteiger partial charge in [0.2, 0.25) is 0 Å². The second-order valence-electron chi connectivity index (χ2n) is 5.89. The molecule has 1 heterocycles. The molecule has 0 spiro atoms. The first kappa shape index (κ1) is 15.7. The molecule has 0 radical (unpaired) electrons. The summed E-state index contributed by atoms with van der Waals surface area (Å²) in [5.74, 6) is -0.107. The van der Waals surface area contributed by atoms with E-state index in [1.807, 2.05) is 67.6 Å². The van der Waals surface area contributed by atoms with Crippen molar-refractivity contribution in [3.63, 3.8) is 0 Å². The van der Waals surface area contributed by atoms with Crippen molar-refractivity contribution < 1.29 is 4.79 Å². The molecule has 1 N–H and O–H groups in total. The third kappa shape index (κ3) is 3.35. The predicted octanol–water partition coefficient (Wildman–Crippen LogP) is 5.04. The second kappa shape index (κ2) is 6.57. The van der Waals surface area contributed by atoms with Crippen LogP contribution in [0.15, 0.2) is 76.6 Å². The fourth-order valence-corrected chi connectivity index (χ4v) is 3.54. The maximum absolute atomic E-state index is 12.2. The second-order valence-corrected chi connectivity index (χ2v) is 6.92. The van der Waals surface area contributed by atoms with Crippen LogP contribution in [-0.2, 0) is 4.79 Å². The number of carbonyl (C=O) groups is 1. The number of carbonyl (C=O) groups excluding carboxylic acids is 1. The van der Waals surface area contributed by atoms with E-state index in [0.717, 1.165) is 22.0 Å². The van der Waals surface area contributed by atoms with Gasteiger partial charge in [-0.2, -0.15) is 0 Å². The topological polar surface area (TPSA) is 41.5 Å². The summed E-state index contributed by atoms with van der Waals surface area (Å²) < 4.78 is 0. The molecule has 1 amide bonds. The number of rotatable bonds is 2. The van der Waals surface area contributed by atoms with Crippen molar-refractivity contribution in [1.29, 1.82) is 0 Å². The van der Waals surface area contributed by atoms with E-state index in [4.69, 9.17) is 0 Å². The van der Waals surface area contributed by atoms with Crippen LogP contribution in [0.4, 0.5) is 5.69 Å². The van der Waals surface area contributed by atoms with Crippen LogP contribution in [0.5, 0.6) is 0 Å². The van der Waals surface area contributed by atoms with Crippen molar-refractivity contribution in [3.05, 3.63) is 82.8 Å². The molecule has 0 aromatic heterocycles. The Hall–Kier alpha value is -2.85. The number of hydrogen-bond donors (Lipinski definition) is 1. The normalized spacial score (nSPS) is 17.4. The van der Waals surface area contributed by atoms with Crippen LogP contribution in [0.2, 0.25) is 0 Å². The maximum Gasteiger partial charge on any atom is 0.264 e. The summed E-state index contributed by atoms with van der Waals surface area (Å²) >= 11 is 1.37. The SMILES string of the molecule is Cc1ccc(/C=C2\SC(=Nc3cccc4ccccc34)NC2=O)cc1. The molecule has 0 bridgehead atoms. The van der Waals surface area contributed by atoms with Gasteiger partial charge in [0.15, 0.2) is 5.17 Å². The lowest BCUT2D eigenvalue weighted by atomic mass is 10.1. The first-order valence-corrected chi connectivity index (χ1v) is 8.85. The Kier molecular flexibility index (Phi) is 4.12. The minimum atomic E-state index is -0.107. The molecule has 0 atom stereocenters. The van der Waals surface area contributed by atoms with E-state index >= 15 is 0 Å². The van der Waals surface area contributed by atoms with E-state index in [2.05, 4.69) is 22.4 Å². The highest BCUT2D eigenvalue weighted by Crippen LogP contribution is 2.31. The van der Waals surface area contributed by atoms with Crippen molar-refractivity contribution in [2.45, 2.75) is 6.92 Å². The molecule has 3 aromatic rings.